The van der Waals surface area contributed by atoms with E-state index in [0.717, 1.165) is 17.4 Å². The number of H-pyrrole nitrogens is 1. The van der Waals surface area contributed by atoms with Crippen LogP contribution in [0.4, 0.5) is 0 Å². The van der Waals surface area contributed by atoms with Crippen molar-refractivity contribution in [3.05, 3.63) is 32.6 Å². The van der Waals surface area contributed by atoms with Gasteiger partial charge in [0.2, 0.25) is 5.91 Å². The number of aliphatic carboxylic acids is 1. The van der Waals surface area contributed by atoms with E-state index in [1.165, 1.54) is 11.1 Å². The molecular weight excluding hydrogens is 302 g/mol. The Balaban J connectivity index is 1.74. The van der Waals surface area contributed by atoms with Gasteiger partial charge in [0, 0.05) is 24.8 Å². The maximum absolute atomic E-state index is 12.4. The van der Waals surface area contributed by atoms with Crippen molar-refractivity contribution in [1.29, 1.82) is 0 Å². The molecule has 0 spiro atoms. The monoisotopic (exact) mass is 321 g/mol. The smallest absolute Gasteiger partial charge is 0.328 e. The minimum Gasteiger partial charge on any atom is -0.481 e. The van der Waals surface area contributed by atoms with Gasteiger partial charge < -0.3 is 10.0 Å². The number of carboxylic acids is 1. The number of carbonyl (C=O) groups excluding carboxylic acids is 1. The number of nitrogens with one attached hydrogen (secondary N) is 1. The van der Waals surface area contributed by atoms with Crippen molar-refractivity contribution in [2.75, 3.05) is 13.1 Å². The molecule has 0 aromatic carbocycles. The molecule has 1 aliphatic heterocycles. The molecule has 0 bridgehead atoms. The molecule has 1 aliphatic carbocycles. The molecule has 23 heavy (non-hydrogen) atoms. The number of carbonyl (C=O) groups is 2. The molecule has 2 N–H and O–H groups in total. The van der Waals surface area contributed by atoms with E-state index in [-0.39, 0.29) is 24.9 Å². The first kappa shape index (κ1) is 15.5. The average Bonchev–Trinajstić information content (AvgIpc) is 3.22. The maximum Gasteiger partial charge on any atom is 0.328 e. The van der Waals surface area contributed by atoms with Gasteiger partial charge in [-0.3, -0.25) is 23.9 Å². The summed E-state index contributed by atoms with van der Waals surface area (Å²) in [5.41, 5.74) is -0.764. The largest absolute Gasteiger partial charge is 0.481 e. The third-order valence-electron chi connectivity index (χ3n) is 4.76. The summed E-state index contributed by atoms with van der Waals surface area (Å²) in [6, 6.07) is 0. The molecule has 3 rings (SSSR count). The van der Waals surface area contributed by atoms with Gasteiger partial charge in [0.25, 0.3) is 5.56 Å². The Kier molecular flexibility index (Phi) is 3.83. The van der Waals surface area contributed by atoms with Crippen molar-refractivity contribution in [1.82, 2.24) is 14.5 Å². The molecule has 1 saturated carbocycles. The fraction of sp³-hybridized carbons (Fsp3) is 0.600. The van der Waals surface area contributed by atoms with E-state index in [4.69, 9.17) is 0 Å². The van der Waals surface area contributed by atoms with Crippen LogP contribution in [-0.4, -0.2) is 44.5 Å². The van der Waals surface area contributed by atoms with Crippen LogP contribution in [0, 0.1) is 24.7 Å². The number of amides is 1. The SMILES string of the molecule is Cc1cn(CC(=O)N2C[C@@H](C(=O)O)[C@H](C3CC3)C2)c(=O)[nH]c1=O. The van der Waals surface area contributed by atoms with E-state index >= 15 is 0 Å². The number of aromatic amines is 1. The highest BCUT2D eigenvalue weighted by Crippen LogP contribution is 2.44. The fourth-order valence-electron chi connectivity index (χ4n) is 3.28. The van der Waals surface area contributed by atoms with E-state index < -0.39 is 23.1 Å². The number of nitrogens with zero attached hydrogens (tertiary/aromatic N) is 2. The van der Waals surface area contributed by atoms with Crippen molar-refractivity contribution in [3.63, 3.8) is 0 Å². The zero-order valence-corrected chi connectivity index (χ0v) is 12.8. The standard InChI is InChI=1S/C15H19N3O5/c1-8-4-18(15(23)16-13(8)20)7-12(19)17-5-10(9-2-3-9)11(6-17)14(21)22/h4,9-11H,2-3,5-7H2,1H3,(H,21,22)(H,16,20,23)/t10-,11+/m0/s1. The quantitative estimate of drug-likeness (QED) is 0.770. The van der Waals surface area contributed by atoms with Gasteiger partial charge in [0.15, 0.2) is 0 Å². The topological polar surface area (TPSA) is 112 Å². The number of rotatable bonds is 4. The van der Waals surface area contributed by atoms with Gasteiger partial charge >= 0.3 is 11.7 Å². The van der Waals surface area contributed by atoms with E-state index in [9.17, 15) is 24.3 Å². The highest BCUT2D eigenvalue weighted by molar-refractivity contribution is 5.79. The third-order valence-corrected chi connectivity index (χ3v) is 4.76. The Hall–Kier alpha value is -2.38. The zero-order chi connectivity index (χ0) is 16.7. The van der Waals surface area contributed by atoms with Crippen LogP contribution in [0.15, 0.2) is 15.8 Å². The van der Waals surface area contributed by atoms with Crippen molar-refractivity contribution in [2.24, 2.45) is 17.8 Å². The lowest BCUT2D eigenvalue weighted by molar-refractivity contribution is -0.142. The molecule has 0 radical (unpaired) electrons. The highest BCUT2D eigenvalue weighted by atomic mass is 16.4. The van der Waals surface area contributed by atoms with Crippen LogP contribution in [0.2, 0.25) is 0 Å². The Morgan fingerprint density at radius 1 is 1.30 bits per heavy atom. The third kappa shape index (κ3) is 3.06. The summed E-state index contributed by atoms with van der Waals surface area (Å²) in [5.74, 6) is -1.29. The molecule has 2 heterocycles. The number of hydrogen-bond donors (Lipinski definition) is 2. The summed E-state index contributed by atoms with van der Waals surface area (Å²) in [6.45, 7) is 1.98. The van der Waals surface area contributed by atoms with Gasteiger partial charge in [-0.05, 0) is 31.6 Å². The second-order valence-corrected chi connectivity index (χ2v) is 6.44. The minimum atomic E-state index is -0.866. The highest BCUT2D eigenvalue weighted by Gasteiger charge is 2.46. The molecule has 8 nitrogen and oxygen atoms in total. The van der Waals surface area contributed by atoms with Crippen LogP contribution in [0.5, 0.6) is 0 Å². The Labute approximate surface area is 131 Å². The number of carboxylic acid groups (broad SMARTS) is 1. The molecular formula is C15H19N3O5. The first-order chi connectivity index (χ1) is 10.9. The number of hydrogen-bond acceptors (Lipinski definition) is 4. The van der Waals surface area contributed by atoms with Crippen molar-refractivity contribution in [2.45, 2.75) is 26.3 Å². The lowest BCUT2D eigenvalue weighted by Crippen LogP contribution is -2.38. The second kappa shape index (κ2) is 5.68. The van der Waals surface area contributed by atoms with Gasteiger partial charge in [-0.1, -0.05) is 0 Å². The zero-order valence-electron chi connectivity index (χ0n) is 12.8. The van der Waals surface area contributed by atoms with Crippen LogP contribution in [0.1, 0.15) is 18.4 Å². The maximum atomic E-state index is 12.4. The Morgan fingerprint density at radius 3 is 2.61 bits per heavy atom. The molecule has 0 unspecified atom stereocenters. The van der Waals surface area contributed by atoms with Crippen LogP contribution in [-0.2, 0) is 16.1 Å². The lowest BCUT2D eigenvalue weighted by Gasteiger charge is -2.17. The van der Waals surface area contributed by atoms with Gasteiger partial charge in [-0.25, -0.2) is 4.79 Å². The average molecular weight is 321 g/mol. The normalized spacial score (nSPS) is 24.0. The van der Waals surface area contributed by atoms with Crippen molar-refractivity contribution < 1.29 is 14.7 Å². The van der Waals surface area contributed by atoms with Gasteiger partial charge in [0.05, 0.1) is 5.92 Å². The molecule has 1 aromatic rings. The molecule has 8 heteroatoms. The summed E-state index contributed by atoms with van der Waals surface area (Å²) in [7, 11) is 0. The Bertz CT molecular complexity index is 761. The first-order valence-corrected chi connectivity index (χ1v) is 7.67. The van der Waals surface area contributed by atoms with E-state index in [1.54, 1.807) is 6.92 Å². The summed E-state index contributed by atoms with van der Waals surface area (Å²) < 4.78 is 1.15. The van der Waals surface area contributed by atoms with Gasteiger partial charge in [-0.2, -0.15) is 0 Å². The number of aryl methyl sites for hydroxylation is 1. The second-order valence-electron chi connectivity index (χ2n) is 6.44. The van der Waals surface area contributed by atoms with Crippen LogP contribution < -0.4 is 11.2 Å². The molecule has 124 valence electrons. The molecule has 1 saturated heterocycles. The van der Waals surface area contributed by atoms with Gasteiger partial charge in [-0.15, -0.1) is 0 Å². The van der Waals surface area contributed by atoms with Crippen LogP contribution >= 0.6 is 0 Å². The Morgan fingerprint density at radius 2 is 2.00 bits per heavy atom. The predicted octanol–water partition coefficient (Wildman–Crippen LogP) is -0.586. The predicted molar refractivity (Wildman–Crippen MR) is 80.0 cm³/mol. The van der Waals surface area contributed by atoms with Crippen molar-refractivity contribution >= 4 is 11.9 Å². The van der Waals surface area contributed by atoms with Crippen molar-refractivity contribution in [3.8, 4) is 0 Å². The van der Waals surface area contributed by atoms with Gasteiger partial charge in [0.1, 0.15) is 6.54 Å². The first-order valence-electron chi connectivity index (χ1n) is 7.67. The lowest BCUT2D eigenvalue weighted by atomic mass is 9.92. The molecule has 1 aromatic heterocycles. The molecule has 2 atom stereocenters. The van der Waals surface area contributed by atoms with Crippen LogP contribution in [0.3, 0.4) is 0 Å². The summed E-state index contributed by atoms with van der Waals surface area (Å²) in [4.78, 5) is 50.5. The number of likely N-dealkylation sites (tertiary alicyclic amines) is 1. The summed E-state index contributed by atoms with van der Waals surface area (Å²) in [6.07, 6.45) is 3.40. The molecule has 2 aliphatic rings. The molecule has 1 amide bonds. The fourth-order valence-corrected chi connectivity index (χ4v) is 3.28. The van der Waals surface area contributed by atoms with E-state index in [0.29, 0.717) is 18.0 Å². The number of aromatic nitrogens is 2. The summed E-state index contributed by atoms with van der Waals surface area (Å²) >= 11 is 0. The van der Waals surface area contributed by atoms with Crippen LogP contribution in [0.25, 0.3) is 0 Å². The summed E-state index contributed by atoms with van der Waals surface area (Å²) in [5, 5.41) is 9.33. The minimum absolute atomic E-state index is 0.00508. The molecule has 2 fully saturated rings. The van der Waals surface area contributed by atoms with E-state index in [2.05, 4.69) is 4.98 Å². The van der Waals surface area contributed by atoms with E-state index in [1.807, 2.05) is 0 Å².